The van der Waals surface area contributed by atoms with E-state index in [4.69, 9.17) is 4.74 Å². The molecule has 140 valence electrons. The highest BCUT2D eigenvalue weighted by Crippen LogP contribution is 2.45. The van der Waals surface area contributed by atoms with E-state index in [-0.39, 0.29) is 17.9 Å². The van der Waals surface area contributed by atoms with Crippen molar-refractivity contribution in [3.8, 4) is 5.75 Å². The lowest BCUT2D eigenvalue weighted by molar-refractivity contribution is 0.0587. The summed E-state index contributed by atoms with van der Waals surface area (Å²) in [6.45, 7) is 0.647. The number of fused-ring (bicyclic) bond motifs is 5. The number of benzene rings is 3. The molecule has 2 atom stereocenters. The average Bonchev–Trinajstić information content (AvgIpc) is 2.76. The van der Waals surface area contributed by atoms with Gasteiger partial charge in [-0.15, -0.1) is 0 Å². The van der Waals surface area contributed by atoms with Crippen LogP contribution in [0.5, 0.6) is 5.75 Å². The highest BCUT2D eigenvalue weighted by molar-refractivity contribution is 5.98. The van der Waals surface area contributed by atoms with Gasteiger partial charge < -0.3 is 9.64 Å². The first-order chi connectivity index (χ1) is 13.8. The van der Waals surface area contributed by atoms with Gasteiger partial charge in [-0.05, 0) is 53.3 Å². The van der Waals surface area contributed by atoms with E-state index in [0.29, 0.717) is 6.54 Å². The lowest BCUT2D eigenvalue weighted by atomic mass is 9.71. The average molecular weight is 369 g/mol. The Morgan fingerprint density at radius 1 is 0.964 bits per heavy atom. The van der Waals surface area contributed by atoms with Crippen molar-refractivity contribution in [2.24, 2.45) is 0 Å². The maximum absolute atomic E-state index is 13.4. The van der Waals surface area contributed by atoms with Gasteiger partial charge in [-0.1, -0.05) is 54.6 Å². The number of methoxy groups -OCH3 is 1. The summed E-state index contributed by atoms with van der Waals surface area (Å²) in [5.74, 6) is 1.21. The summed E-state index contributed by atoms with van der Waals surface area (Å²) in [5.41, 5.74) is 5.82. The Morgan fingerprint density at radius 3 is 2.57 bits per heavy atom. The molecule has 28 heavy (non-hydrogen) atoms. The number of nitrogens with zero attached hydrogens (tertiary/aromatic N) is 1. The van der Waals surface area contributed by atoms with Gasteiger partial charge in [0.2, 0.25) is 0 Å². The van der Waals surface area contributed by atoms with E-state index in [1.807, 2.05) is 42.5 Å². The molecule has 1 heterocycles. The number of rotatable bonds is 3. The van der Waals surface area contributed by atoms with Gasteiger partial charge in [0, 0.05) is 24.1 Å². The van der Waals surface area contributed by atoms with Crippen molar-refractivity contribution in [3.63, 3.8) is 0 Å². The molecule has 0 saturated heterocycles. The summed E-state index contributed by atoms with van der Waals surface area (Å²) < 4.78 is 5.51. The van der Waals surface area contributed by atoms with Crippen LogP contribution in [0.2, 0.25) is 0 Å². The van der Waals surface area contributed by atoms with E-state index in [1.54, 1.807) is 7.11 Å². The van der Waals surface area contributed by atoms with Gasteiger partial charge in [-0.3, -0.25) is 4.79 Å². The molecule has 3 nitrogen and oxygen atoms in total. The van der Waals surface area contributed by atoms with E-state index in [1.165, 1.54) is 16.7 Å². The van der Waals surface area contributed by atoms with Crippen LogP contribution in [0.4, 0.5) is 0 Å². The molecule has 5 rings (SSSR count). The summed E-state index contributed by atoms with van der Waals surface area (Å²) in [7, 11) is 1.71. The number of carbonyl (C=O) groups excluding carboxylic acids is 1. The Labute approximate surface area is 165 Å². The number of carbonyl (C=O) groups is 1. The van der Waals surface area contributed by atoms with E-state index >= 15 is 0 Å². The van der Waals surface area contributed by atoms with Crippen molar-refractivity contribution >= 4 is 5.91 Å². The first-order valence-corrected chi connectivity index (χ1v) is 9.87. The molecule has 0 fully saturated rings. The fraction of sp³-hybridized carbons (Fsp3) is 0.240. The topological polar surface area (TPSA) is 29.5 Å². The number of hydrogen-bond donors (Lipinski definition) is 0. The highest BCUT2D eigenvalue weighted by Gasteiger charge is 2.42. The second-order valence-corrected chi connectivity index (χ2v) is 7.65. The van der Waals surface area contributed by atoms with Crippen LogP contribution < -0.4 is 4.74 Å². The maximum atomic E-state index is 13.4. The fourth-order valence-corrected chi connectivity index (χ4v) is 4.84. The molecule has 2 aliphatic rings. The molecule has 1 aliphatic heterocycles. The SMILES string of the molecule is COc1ccc2c(c1)C1c3ccccc3C(=O)N(Cc3ccccc3)C1CC2. The Morgan fingerprint density at radius 2 is 1.75 bits per heavy atom. The van der Waals surface area contributed by atoms with Crippen LogP contribution in [0, 0.1) is 0 Å². The van der Waals surface area contributed by atoms with Crippen molar-refractivity contribution in [1.82, 2.24) is 4.90 Å². The van der Waals surface area contributed by atoms with Gasteiger partial charge in [0.15, 0.2) is 0 Å². The number of aryl methyl sites for hydroxylation is 1. The summed E-state index contributed by atoms with van der Waals surface area (Å²) in [6, 6.07) is 25.0. The molecule has 0 N–H and O–H groups in total. The molecule has 0 aromatic heterocycles. The Balaban J connectivity index is 1.65. The maximum Gasteiger partial charge on any atom is 0.254 e. The minimum absolute atomic E-state index is 0.145. The zero-order valence-electron chi connectivity index (χ0n) is 16.0. The smallest absolute Gasteiger partial charge is 0.254 e. The first-order valence-electron chi connectivity index (χ1n) is 9.87. The van der Waals surface area contributed by atoms with Crippen LogP contribution in [0.3, 0.4) is 0 Å². The Hall–Kier alpha value is -3.07. The van der Waals surface area contributed by atoms with Gasteiger partial charge in [-0.25, -0.2) is 0 Å². The number of amides is 1. The zero-order chi connectivity index (χ0) is 19.1. The van der Waals surface area contributed by atoms with Crippen LogP contribution >= 0.6 is 0 Å². The van der Waals surface area contributed by atoms with Gasteiger partial charge in [0.25, 0.3) is 5.91 Å². The van der Waals surface area contributed by atoms with Crippen molar-refractivity contribution in [3.05, 3.63) is 101 Å². The molecular formula is C25H23NO2. The van der Waals surface area contributed by atoms with Crippen LogP contribution in [-0.4, -0.2) is 24.0 Å². The molecule has 3 heteroatoms. The first kappa shape index (κ1) is 17.1. The second-order valence-electron chi connectivity index (χ2n) is 7.65. The summed E-state index contributed by atoms with van der Waals surface area (Å²) in [4.78, 5) is 15.5. The Kier molecular flexibility index (Phi) is 4.16. The van der Waals surface area contributed by atoms with Gasteiger partial charge >= 0.3 is 0 Å². The van der Waals surface area contributed by atoms with Crippen LogP contribution in [0.25, 0.3) is 0 Å². The second kappa shape index (κ2) is 6.83. The third-order valence-corrected chi connectivity index (χ3v) is 6.17. The van der Waals surface area contributed by atoms with Crippen LogP contribution in [0.15, 0.2) is 72.8 Å². The zero-order valence-corrected chi connectivity index (χ0v) is 16.0. The van der Waals surface area contributed by atoms with Crippen LogP contribution in [0.1, 0.15) is 45.0 Å². The minimum atomic E-state index is 0.145. The normalized spacial score (nSPS) is 20.2. The summed E-state index contributed by atoms with van der Waals surface area (Å²) in [6.07, 6.45) is 1.97. The van der Waals surface area contributed by atoms with Crippen molar-refractivity contribution in [1.29, 1.82) is 0 Å². The highest BCUT2D eigenvalue weighted by atomic mass is 16.5. The lowest BCUT2D eigenvalue weighted by Crippen LogP contribution is -2.49. The largest absolute Gasteiger partial charge is 0.497 e. The molecule has 3 aromatic rings. The van der Waals surface area contributed by atoms with E-state index < -0.39 is 0 Å². The molecule has 1 amide bonds. The van der Waals surface area contributed by atoms with E-state index in [2.05, 4.69) is 35.2 Å². The predicted octanol–water partition coefficient (Wildman–Crippen LogP) is 4.80. The predicted molar refractivity (Wildman–Crippen MR) is 110 cm³/mol. The molecular weight excluding hydrogens is 346 g/mol. The van der Waals surface area contributed by atoms with Crippen LogP contribution in [-0.2, 0) is 13.0 Å². The van der Waals surface area contributed by atoms with Gasteiger partial charge in [0.1, 0.15) is 5.75 Å². The monoisotopic (exact) mass is 369 g/mol. The third-order valence-electron chi connectivity index (χ3n) is 6.17. The lowest BCUT2D eigenvalue weighted by Gasteiger charge is -2.45. The summed E-state index contributed by atoms with van der Waals surface area (Å²) in [5, 5.41) is 0. The fourth-order valence-electron chi connectivity index (χ4n) is 4.84. The van der Waals surface area contributed by atoms with Gasteiger partial charge in [0.05, 0.1) is 7.11 Å². The number of ether oxygens (including phenoxy) is 1. The van der Waals surface area contributed by atoms with Gasteiger partial charge in [-0.2, -0.15) is 0 Å². The quantitative estimate of drug-likeness (QED) is 0.664. The van der Waals surface area contributed by atoms with Crippen molar-refractivity contribution < 1.29 is 9.53 Å². The van der Waals surface area contributed by atoms with Crippen molar-refractivity contribution in [2.45, 2.75) is 31.3 Å². The van der Waals surface area contributed by atoms with E-state index in [0.717, 1.165) is 29.7 Å². The molecule has 1 aliphatic carbocycles. The molecule has 0 radical (unpaired) electrons. The molecule has 0 spiro atoms. The van der Waals surface area contributed by atoms with E-state index in [9.17, 15) is 4.79 Å². The Bertz CT molecular complexity index is 1030. The molecule has 0 bridgehead atoms. The summed E-state index contributed by atoms with van der Waals surface area (Å²) >= 11 is 0. The molecule has 2 unspecified atom stereocenters. The standard InChI is InChI=1S/C25H23NO2/c1-28-19-13-11-18-12-14-23-24(22(18)15-19)20-9-5-6-10-21(20)25(27)26(23)16-17-7-3-2-4-8-17/h2-11,13,15,23-24H,12,14,16H2,1H3. The number of hydrogen-bond acceptors (Lipinski definition) is 2. The molecule has 0 saturated carbocycles. The minimum Gasteiger partial charge on any atom is -0.497 e. The van der Waals surface area contributed by atoms with Crippen molar-refractivity contribution in [2.75, 3.05) is 7.11 Å². The molecule has 3 aromatic carbocycles. The third kappa shape index (κ3) is 2.70.